The molecular weight excluding hydrogens is 1020 g/mol. The zero-order valence-corrected chi connectivity index (χ0v) is 41.6. The van der Waals surface area contributed by atoms with Crippen molar-refractivity contribution < 1.29 is 83.8 Å². The molecule has 1 saturated heterocycles. The molecule has 9 amide bonds. The highest BCUT2D eigenvalue weighted by molar-refractivity contribution is 5.99. The number of carboxylic acids is 1. The summed E-state index contributed by atoms with van der Waals surface area (Å²) in [5.41, 5.74) is 5.39. The SMILES string of the molecule is CC(C)[C@H](NC(=O)[C@@H](CO)NC1CCNc2c(NC(=O)CCC(N)=O)cc3cc(O)c(=O)cc-3n21)C(=O)N[C@H](C(=O)NCC(=O)N[C@@H](Cc1ccc(O)cc1)C(=O)N[C@H](CO)C(=O)NC1CCCN(O)C1=O)[C@@H](O)C(=O)O. The normalized spacial score (nSPS) is 17.4. The third-order valence-electron chi connectivity index (χ3n) is 12.3. The first-order valence-electron chi connectivity index (χ1n) is 24.1. The lowest BCUT2D eigenvalue weighted by molar-refractivity contribution is -0.173. The van der Waals surface area contributed by atoms with Crippen LogP contribution in [0.2, 0.25) is 0 Å². The molecule has 4 aliphatic rings. The Balaban J connectivity index is 1.28. The van der Waals surface area contributed by atoms with Crippen LogP contribution < -0.4 is 59.0 Å². The number of aliphatic carboxylic acids is 1. The minimum atomic E-state index is -2.66. The number of hydrogen-bond donors (Lipinski definition) is 17. The van der Waals surface area contributed by atoms with Gasteiger partial charge in [-0.15, -0.1) is 0 Å². The van der Waals surface area contributed by atoms with E-state index in [0.29, 0.717) is 17.0 Å². The molecule has 77 heavy (non-hydrogen) atoms. The van der Waals surface area contributed by atoms with Crippen molar-refractivity contribution in [2.24, 2.45) is 11.7 Å². The number of anilines is 2. The molecule has 0 bridgehead atoms. The number of benzene rings is 2. The zero-order valence-electron chi connectivity index (χ0n) is 41.6. The number of aromatic hydroxyl groups is 2. The van der Waals surface area contributed by atoms with Crippen LogP contribution in [0.3, 0.4) is 0 Å². The summed E-state index contributed by atoms with van der Waals surface area (Å²) in [6.07, 6.45) is -3.80. The topological polar surface area (TPSA) is 472 Å². The molecule has 1 fully saturated rings. The van der Waals surface area contributed by atoms with Crippen LogP contribution in [0.5, 0.6) is 11.5 Å². The molecule has 2 unspecified atom stereocenters. The van der Waals surface area contributed by atoms with Gasteiger partial charge >= 0.3 is 5.97 Å². The second-order valence-electron chi connectivity index (χ2n) is 18.4. The van der Waals surface area contributed by atoms with Gasteiger partial charge in [0.1, 0.15) is 47.8 Å². The fraction of sp³-hybridized carbons (Fsp3) is 0.468. The Kier molecular flexibility index (Phi) is 20.7. The van der Waals surface area contributed by atoms with Crippen molar-refractivity contribution in [2.45, 2.75) is 101 Å². The number of aliphatic hydroxyl groups excluding tert-OH is 3. The number of carbonyl (C=O) groups is 10. The number of piperidine rings is 1. The molecule has 18 N–H and O–H groups in total. The zero-order chi connectivity index (χ0) is 56.8. The molecule has 0 aromatic heterocycles. The Morgan fingerprint density at radius 2 is 1.44 bits per heavy atom. The molecule has 418 valence electrons. The Labute approximate surface area is 437 Å². The smallest absolute Gasteiger partial charge is 0.335 e. The maximum absolute atomic E-state index is 13.9. The fourth-order valence-electron chi connectivity index (χ4n) is 8.27. The predicted molar refractivity (Wildman–Crippen MR) is 265 cm³/mol. The summed E-state index contributed by atoms with van der Waals surface area (Å²) < 4.78 is 1.50. The van der Waals surface area contributed by atoms with Crippen molar-refractivity contribution in [3.63, 3.8) is 0 Å². The van der Waals surface area contributed by atoms with Gasteiger partial charge in [-0.3, -0.25) is 58.5 Å². The average Bonchev–Trinajstić information content (AvgIpc) is 3.38. The Hall–Kier alpha value is -8.45. The van der Waals surface area contributed by atoms with E-state index in [1.54, 1.807) is 0 Å². The number of nitrogens with one attached hydrogen (secondary N) is 9. The average molecular weight is 1080 g/mol. The van der Waals surface area contributed by atoms with Gasteiger partial charge in [-0.1, -0.05) is 26.0 Å². The highest BCUT2D eigenvalue weighted by Crippen LogP contribution is 2.39. The van der Waals surface area contributed by atoms with E-state index in [1.807, 2.05) is 0 Å². The number of hydroxylamine groups is 2. The van der Waals surface area contributed by atoms with Crippen LogP contribution in [0.15, 0.2) is 47.3 Å². The third kappa shape index (κ3) is 15.8. The van der Waals surface area contributed by atoms with E-state index in [9.17, 15) is 88.6 Å². The number of aromatic nitrogens is 1. The maximum atomic E-state index is 13.9. The number of carboxylic acid groups (broad SMARTS) is 1. The molecule has 8 atom stereocenters. The van der Waals surface area contributed by atoms with Crippen LogP contribution in [-0.4, -0.2) is 180 Å². The lowest BCUT2D eigenvalue weighted by atomic mass is 10.0. The second kappa shape index (κ2) is 26.9. The second-order valence-corrected chi connectivity index (χ2v) is 18.4. The molecule has 5 rings (SSSR count). The number of nitrogens with two attached hydrogens (primary N) is 1. The first kappa shape index (κ1) is 59.4. The Bertz CT molecular complexity index is 2740. The quantitative estimate of drug-likeness (QED) is 0.0352. The van der Waals surface area contributed by atoms with Crippen molar-refractivity contribution in [1.82, 2.24) is 46.8 Å². The number of pyridine rings is 1. The van der Waals surface area contributed by atoms with Gasteiger partial charge in [-0.05, 0) is 55.0 Å². The highest BCUT2D eigenvalue weighted by Gasteiger charge is 2.39. The number of phenolic OH excluding ortho intramolecular Hbond substituents is 2. The molecule has 1 aliphatic carbocycles. The van der Waals surface area contributed by atoms with E-state index in [2.05, 4.69) is 47.9 Å². The van der Waals surface area contributed by atoms with Crippen LogP contribution in [-0.2, 0) is 54.4 Å². The van der Waals surface area contributed by atoms with E-state index < -0.39 is 145 Å². The van der Waals surface area contributed by atoms with Crippen molar-refractivity contribution >= 4 is 70.6 Å². The van der Waals surface area contributed by atoms with E-state index in [0.717, 1.165) is 12.1 Å². The largest absolute Gasteiger partial charge is 0.508 e. The minimum absolute atomic E-state index is 0.0264. The number of fused-ring (bicyclic) bond motifs is 3. The van der Waals surface area contributed by atoms with Gasteiger partial charge in [0.05, 0.1) is 37.3 Å². The van der Waals surface area contributed by atoms with Crippen LogP contribution in [0, 0.1) is 5.92 Å². The molecule has 0 spiro atoms. The van der Waals surface area contributed by atoms with E-state index in [-0.39, 0.29) is 73.7 Å². The Morgan fingerprint density at radius 3 is 2.08 bits per heavy atom. The molecule has 30 heteroatoms. The first-order chi connectivity index (χ1) is 36.4. The Morgan fingerprint density at radius 1 is 0.779 bits per heavy atom. The molecule has 0 radical (unpaired) electrons. The standard InChI is InChI=1S/C47H62N12O18/c1-21(2)37(56-43(71)28(19-60)51-34-11-12-49-40-26(52-35(66)10-9-33(48)65)15-23-16-31(63)32(64)17-30(23)59(34)40)45(73)57-38(39(68)47(75)76)44(72)50-18-36(67)53-27(14-22-5-7-24(62)8-6-22)41(69)55-29(20-61)42(70)54-25-4-3-13-58(77)46(25)74/h5-8,15-17,21,25,27-29,34,37-39,49,51,60-63,68,77H,3-4,9-14,18-20H2,1-2H3,(H2,48,65)(H,50,72)(H,52,66)(H,53,67)(H,54,70)(H,55,69)(H,56,71)(H,57,73)(H,75,76)/t25?,27-,28+,29+,34?,37-,38-,39+/m0/s1. The third-order valence-corrected chi connectivity index (χ3v) is 12.3. The van der Waals surface area contributed by atoms with Gasteiger partial charge in [-0.2, -0.15) is 0 Å². The van der Waals surface area contributed by atoms with Crippen molar-refractivity contribution in [1.29, 1.82) is 0 Å². The summed E-state index contributed by atoms with van der Waals surface area (Å²) in [6.45, 7) is 0.233. The van der Waals surface area contributed by atoms with Gasteiger partial charge < -0.3 is 83.5 Å². The number of hydrogen-bond acceptors (Lipinski definition) is 19. The molecular formula is C47H62N12O18. The molecule has 3 aliphatic heterocycles. The van der Waals surface area contributed by atoms with Crippen molar-refractivity contribution in [3.05, 3.63) is 58.3 Å². The lowest BCUT2D eigenvalue weighted by Crippen LogP contribution is -2.62. The van der Waals surface area contributed by atoms with E-state index in [4.69, 9.17) is 5.73 Å². The number of rotatable bonds is 25. The van der Waals surface area contributed by atoms with Crippen LogP contribution >= 0.6 is 0 Å². The maximum Gasteiger partial charge on any atom is 0.335 e. The van der Waals surface area contributed by atoms with E-state index >= 15 is 0 Å². The number of carbonyl (C=O) groups excluding carboxylic acids is 9. The summed E-state index contributed by atoms with van der Waals surface area (Å²) in [6, 6.07) is -0.828. The highest BCUT2D eigenvalue weighted by atomic mass is 16.5. The predicted octanol–water partition coefficient (Wildman–Crippen LogP) is -5.28. The number of phenols is 2. The molecule has 1 aromatic carbocycles. The van der Waals surface area contributed by atoms with Crippen LogP contribution in [0.4, 0.5) is 11.5 Å². The summed E-state index contributed by atoms with van der Waals surface area (Å²) >= 11 is 0. The van der Waals surface area contributed by atoms with Crippen molar-refractivity contribution in [2.75, 3.05) is 43.5 Å². The summed E-state index contributed by atoms with van der Waals surface area (Å²) in [5.74, 6) is -12.4. The number of primary amides is 1. The first-order valence-corrected chi connectivity index (χ1v) is 24.1. The number of amides is 9. The monoisotopic (exact) mass is 1080 g/mol. The summed E-state index contributed by atoms with van der Waals surface area (Å²) in [7, 11) is 0. The van der Waals surface area contributed by atoms with E-state index in [1.165, 1.54) is 48.7 Å². The fourth-order valence-corrected chi connectivity index (χ4v) is 8.27. The number of aliphatic hydroxyl groups is 3. The van der Waals surface area contributed by atoms with Gasteiger partial charge in [0, 0.05) is 44.0 Å². The van der Waals surface area contributed by atoms with Crippen molar-refractivity contribution in [3.8, 4) is 22.8 Å². The van der Waals surface area contributed by atoms with Gasteiger partial charge in [0.25, 0.3) is 5.91 Å². The number of nitrogens with zero attached hydrogens (tertiary/aromatic N) is 2. The van der Waals surface area contributed by atoms with Gasteiger partial charge in [0.2, 0.25) is 52.7 Å². The molecule has 30 nitrogen and oxygen atoms in total. The summed E-state index contributed by atoms with van der Waals surface area (Å²) in [4.78, 5) is 143. The van der Waals surface area contributed by atoms with Crippen LogP contribution in [0.25, 0.3) is 11.3 Å². The van der Waals surface area contributed by atoms with Crippen LogP contribution in [0.1, 0.15) is 57.7 Å². The van der Waals surface area contributed by atoms with Gasteiger partial charge in [-0.25, -0.2) is 9.86 Å². The molecule has 0 saturated carbocycles. The lowest BCUT2D eigenvalue weighted by Gasteiger charge is -2.37. The van der Waals surface area contributed by atoms with Gasteiger partial charge in [0.15, 0.2) is 11.9 Å². The molecule has 1 aromatic rings. The summed E-state index contributed by atoms with van der Waals surface area (Å²) in [5, 5.41) is 93.4. The molecule has 3 heterocycles. The minimum Gasteiger partial charge on any atom is -0.508 e.